The molecule has 4 fully saturated rings. The van der Waals surface area contributed by atoms with Crippen LogP contribution in [0.2, 0.25) is 0 Å². The van der Waals surface area contributed by atoms with Crippen molar-refractivity contribution in [1.82, 2.24) is 4.90 Å². The molecule has 5 aliphatic heterocycles. The lowest BCUT2D eigenvalue weighted by molar-refractivity contribution is -0.384. The molecule has 0 N–H and O–H groups in total. The van der Waals surface area contributed by atoms with E-state index in [1.54, 1.807) is 12.1 Å². The van der Waals surface area contributed by atoms with Crippen LogP contribution in [0.1, 0.15) is 24.8 Å². The number of nitro groups is 1. The topological polar surface area (TPSA) is 75.9 Å². The summed E-state index contributed by atoms with van der Waals surface area (Å²) in [5, 5.41) is 11.5. The quantitative estimate of drug-likeness (QED) is 0.424. The highest BCUT2D eigenvalue weighted by Crippen LogP contribution is 2.65. The van der Waals surface area contributed by atoms with Gasteiger partial charge in [-0.05, 0) is 36.9 Å². The van der Waals surface area contributed by atoms with Gasteiger partial charge in [0, 0.05) is 41.7 Å². The molecule has 1 aromatic carbocycles. The van der Waals surface area contributed by atoms with Crippen LogP contribution in [-0.4, -0.2) is 53.6 Å². The van der Waals surface area contributed by atoms with Crippen LogP contribution >= 0.6 is 0 Å². The van der Waals surface area contributed by atoms with Crippen molar-refractivity contribution in [2.45, 2.75) is 42.9 Å². The first kappa shape index (κ1) is 15.6. The monoisotopic (exact) mass is 379 g/mol. The predicted molar refractivity (Wildman–Crippen MR) is 100 cm³/mol. The van der Waals surface area contributed by atoms with Crippen LogP contribution in [0.4, 0.5) is 11.4 Å². The number of amides is 1. The number of non-ortho nitro benzene ring substituents is 1. The van der Waals surface area contributed by atoms with Crippen LogP contribution in [0.15, 0.2) is 29.8 Å². The number of nitrogens with zero attached hydrogens (tertiary/aromatic N) is 3. The van der Waals surface area contributed by atoms with Crippen molar-refractivity contribution in [3.8, 4) is 0 Å². The van der Waals surface area contributed by atoms with Crippen molar-refractivity contribution in [2.24, 2.45) is 11.8 Å². The number of fused-ring (bicyclic) bond motifs is 2. The molecule has 7 rings (SSSR count). The highest BCUT2D eigenvalue weighted by Gasteiger charge is 2.71. The van der Waals surface area contributed by atoms with Gasteiger partial charge in [-0.3, -0.25) is 19.8 Å². The van der Waals surface area contributed by atoms with E-state index in [9.17, 15) is 14.9 Å². The third kappa shape index (κ3) is 1.56. The first-order valence-electron chi connectivity index (χ1n) is 10.2. The molecule has 6 aliphatic rings. The molecule has 1 spiro atoms. The lowest BCUT2D eigenvalue weighted by Crippen LogP contribution is -2.69. The summed E-state index contributed by atoms with van der Waals surface area (Å²) in [7, 11) is 0. The lowest BCUT2D eigenvalue weighted by Gasteiger charge is -2.58. The molecule has 1 saturated carbocycles. The fourth-order valence-corrected chi connectivity index (χ4v) is 7.65. The van der Waals surface area contributed by atoms with E-state index in [1.807, 2.05) is 11.0 Å². The number of carbonyl (C=O) groups excluding carboxylic acids is 1. The Hall–Kier alpha value is -2.25. The van der Waals surface area contributed by atoms with Gasteiger partial charge >= 0.3 is 0 Å². The first-order chi connectivity index (χ1) is 13.6. The highest BCUT2D eigenvalue weighted by molar-refractivity contribution is 5.99. The molecule has 1 aromatic rings. The second-order valence-corrected chi connectivity index (χ2v) is 9.22. The zero-order valence-corrected chi connectivity index (χ0v) is 15.4. The van der Waals surface area contributed by atoms with Crippen LogP contribution in [0, 0.1) is 22.0 Å². The predicted octanol–water partition coefficient (Wildman–Crippen LogP) is 2.00. The SMILES string of the molecule is O=C1C[C@@H]2OCC=C3CN4CCC56c7cc([N+](=O)[O-])ccc7N1[C@H]5[C@H]2[C@H]3C[C@H]46. The van der Waals surface area contributed by atoms with Crippen molar-refractivity contribution in [3.63, 3.8) is 0 Å². The van der Waals surface area contributed by atoms with E-state index in [0.717, 1.165) is 37.2 Å². The summed E-state index contributed by atoms with van der Waals surface area (Å²) in [5.74, 6) is 0.861. The van der Waals surface area contributed by atoms with E-state index >= 15 is 0 Å². The zero-order chi connectivity index (χ0) is 18.8. The third-order valence-electron chi connectivity index (χ3n) is 8.50. The second kappa shape index (κ2) is 4.83. The maximum atomic E-state index is 13.3. The summed E-state index contributed by atoms with van der Waals surface area (Å²) in [6.07, 6.45) is 4.67. The molecule has 28 heavy (non-hydrogen) atoms. The fraction of sp³-hybridized carbons (Fsp3) is 0.571. The van der Waals surface area contributed by atoms with Gasteiger partial charge in [-0.15, -0.1) is 0 Å². The van der Waals surface area contributed by atoms with Crippen molar-refractivity contribution >= 4 is 17.3 Å². The zero-order valence-electron chi connectivity index (χ0n) is 15.4. The van der Waals surface area contributed by atoms with Crippen LogP contribution in [0.3, 0.4) is 0 Å². The van der Waals surface area contributed by atoms with Crippen LogP contribution in [0.5, 0.6) is 0 Å². The Kier molecular flexibility index (Phi) is 2.70. The molecule has 0 radical (unpaired) electrons. The van der Waals surface area contributed by atoms with Gasteiger partial charge in [0.2, 0.25) is 5.91 Å². The molecule has 3 saturated heterocycles. The molecule has 2 bridgehead atoms. The Labute approximate surface area is 162 Å². The standard InChI is InChI=1S/C21H21N3O4/c25-18-9-16-19-13-8-17-21(4-5-22(17)10-11(13)3-6-28-16)14-7-12(24(26)27)1-2-15(14)23(18)20(19)21/h1-3,7,13,16-17,19-20H,4-6,8-10H2/t13-,16-,17-,19-,20-,21?/m0/s1. The molecule has 5 heterocycles. The molecule has 7 nitrogen and oxygen atoms in total. The van der Waals surface area contributed by atoms with Crippen molar-refractivity contribution < 1.29 is 14.5 Å². The summed E-state index contributed by atoms with van der Waals surface area (Å²) in [4.78, 5) is 29.0. The summed E-state index contributed by atoms with van der Waals surface area (Å²) in [6, 6.07) is 5.56. The summed E-state index contributed by atoms with van der Waals surface area (Å²) in [6.45, 7) is 2.57. The van der Waals surface area contributed by atoms with E-state index in [-0.39, 0.29) is 40.0 Å². The van der Waals surface area contributed by atoms with E-state index < -0.39 is 0 Å². The molecule has 0 aromatic heterocycles. The molecule has 144 valence electrons. The number of ether oxygens (including phenoxy) is 1. The van der Waals surface area contributed by atoms with Gasteiger partial charge in [0.1, 0.15) is 0 Å². The summed E-state index contributed by atoms with van der Waals surface area (Å²) < 4.78 is 6.20. The summed E-state index contributed by atoms with van der Waals surface area (Å²) in [5.41, 5.74) is 3.35. The van der Waals surface area contributed by atoms with E-state index in [4.69, 9.17) is 4.74 Å². The number of rotatable bonds is 1. The average molecular weight is 379 g/mol. The molecule has 7 heteroatoms. The number of nitro benzene ring substituents is 1. The van der Waals surface area contributed by atoms with Crippen molar-refractivity contribution in [1.29, 1.82) is 0 Å². The van der Waals surface area contributed by atoms with Crippen molar-refractivity contribution in [3.05, 3.63) is 45.5 Å². The number of hydrogen-bond donors (Lipinski definition) is 0. The van der Waals surface area contributed by atoms with Gasteiger partial charge in [-0.1, -0.05) is 11.6 Å². The minimum Gasteiger partial charge on any atom is -0.373 e. The first-order valence-corrected chi connectivity index (χ1v) is 10.2. The maximum Gasteiger partial charge on any atom is 0.269 e. The van der Waals surface area contributed by atoms with Crippen LogP contribution in [0.25, 0.3) is 0 Å². The van der Waals surface area contributed by atoms with E-state index in [0.29, 0.717) is 25.0 Å². The van der Waals surface area contributed by atoms with Gasteiger partial charge in [0.05, 0.1) is 30.1 Å². The Morgan fingerprint density at radius 2 is 2.21 bits per heavy atom. The molecule has 6 atom stereocenters. The Balaban J connectivity index is 1.52. The fourth-order valence-electron chi connectivity index (χ4n) is 7.65. The lowest BCUT2D eigenvalue weighted by atomic mass is 9.53. The third-order valence-corrected chi connectivity index (χ3v) is 8.50. The van der Waals surface area contributed by atoms with Gasteiger partial charge < -0.3 is 9.64 Å². The van der Waals surface area contributed by atoms with Gasteiger partial charge in [-0.2, -0.15) is 0 Å². The smallest absolute Gasteiger partial charge is 0.269 e. The Morgan fingerprint density at radius 3 is 3.07 bits per heavy atom. The number of carbonyl (C=O) groups is 1. The number of piperidine rings is 2. The van der Waals surface area contributed by atoms with Gasteiger partial charge in [0.15, 0.2) is 0 Å². The van der Waals surface area contributed by atoms with E-state index in [2.05, 4.69) is 11.0 Å². The van der Waals surface area contributed by atoms with Crippen molar-refractivity contribution in [2.75, 3.05) is 24.6 Å². The highest BCUT2D eigenvalue weighted by atomic mass is 16.6. The minimum atomic E-state index is -0.312. The Bertz CT molecular complexity index is 990. The molecule has 1 unspecified atom stereocenters. The molecule has 1 aliphatic carbocycles. The average Bonchev–Trinajstić information content (AvgIpc) is 3.15. The number of hydrogen-bond acceptors (Lipinski definition) is 5. The van der Waals surface area contributed by atoms with Gasteiger partial charge in [-0.25, -0.2) is 0 Å². The van der Waals surface area contributed by atoms with Gasteiger partial charge in [0.25, 0.3) is 5.69 Å². The number of benzene rings is 1. The molecular formula is C21H21N3O4. The van der Waals surface area contributed by atoms with E-state index in [1.165, 1.54) is 5.57 Å². The normalized spacial score (nSPS) is 42.1. The van der Waals surface area contributed by atoms with Crippen LogP contribution in [-0.2, 0) is 14.9 Å². The van der Waals surface area contributed by atoms with Crippen LogP contribution < -0.4 is 4.90 Å². The molecular weight excluding hydrogens is 358 g/mol. The minimum absolute atomic E-state index is 0.0400. The largest absolute Gasteiger partial charge is 0.373 e. The number of anilines is 1. The maximum absolute atomic E-state index is 13.3. The second-order valence-electron chi connectivity index (χ2n) is 9.22. The Morgan fingerprint density at radius 1 is 1.32 bits per heavy atom. The summed E-state index contributed by atoms with van der Waals surface area (Å²) >= 11 is 0. The molecule has 1 amide bonds.